The average molecular weight is 390 g/mol. The van der Waals surface area contributed by atoms with Crippen molar-refractivity contribution in [1.29, 1.82) is 0 Å². The van der Waals surface area contributed by atoms with E-state index in [0.717, 1.165) is 14.9 Å². The van der Waals surface area contributed by atoms with Gasteiger partial charge in [-0.15, -0.1) is 11.8 Å². The highest BCUT2D eigenvalue weighted by Crippen LogP contribution is 2.24. The van der Waals surface area contributed by atoms with Crippen LogP contribution in [0, 0.1) is 0 Å². The van der Waals surface area contributed by atoms with Crippen molar-refractivity contribution in [2.24, 2.45) is 0 Å². The topological polar surface area (TPSA) is 17.1 Å². The number of rotatable bonds is 5. The van der Waals surface area contributed by atoms with Gasteiger partial charge in [-0.3, -0.25) is 4.79 Å². The molecular formula is C15H11BrCl2OS. The van der Waals surface area contributed by atoms with Crippen molar-refractivity contribution in [2.75, 3.05) is 5.75 Å². The van der Waals surface area contributed by atoms with Gasteiger partial charge in [0.1, 0.15) is 5.78 Å². The Balaban J connectivity index is 1.92. The summed E-state index contributed by atoms with van der Waals surface area (Å²) in [6.45, 7) is 0. The molecule has 0 bridgehead atoms. The van der Waals surface area contributed by atoms with E-state index in [0.29, 0.717) is 22.2 Å². The number of hydrogen-bond donors (Lipinski definition) is 0. The van der Waals surface area contributed by atoms with Crippen LogP contribution in [0.2, 0.25) is 10.0 Å². The number of carbonyl (C=O) groups excluding carboxylic acids is 1. The first-order valence-corrected chi connectivity index (χ1v) is 8.42. The first-order valence-electron chi connectivity index (χ1n) is 5.88. The van der Waals surface area contributed by atoms with Gasteiger partial charge in [-0.1, -0.05) is 51.3 Å². The molecule has 0 radical (unpaired) electrons. The van der Waals surface area contributed by atoms with Gasteiger partial charge in [0.05, 0.1) is 5.75 Å². The molecule has 5 heteroatoms. The number of Topliss-reactive ketones (excluding diaryl/α,β-unsaturated/α-hetero) is 1. The Morgan fingerprint density at radius 2 is 1.95 bits per heavy atom. The molecule has 0 aliphatic carbocycles. The fourth-order valence-corrected chi connectivity index (χ4v) is 3.49. The molecule has 104 valence electrons. The van der Waals surface area contributed by atoms with Gasteiger partial charge >= 0.3 is 0 Å². The van der Waals surface area contributed by atoms with Gasteiger partial charge in [-0.05, 0) is 35.9 Å². The lowest BCUT2D eigenvalue weighted by Crippen LogP contribution is -2.06. The van der Waals surface area contributed by atoms with Crippen LogP contribution in [0.15, 0.2) is 51.8 Å². The summed E-state index contributed by atoms with van der Waals surface area (Å²) < 4.78 is 1.01. The Bertz CT molecular complexity index is 631. The maximum absolute atomic E-state index is 12.0. The van der Waals surface area contributed by atoms with Crippen molar-refractivity contribution in [1.82, 2.24) is 0 Å². The van der Waals surface area contributed by atoms with E-state index in [9.17, 15) is 4.79 Å². The van der Waals surface area contributed by atoms with Crippen molar-refractivity contribution in [3.63, 3.8) is 0 Å². The minimum absolute atomic E-state index is 0.138. The van der Waals surface area contributed by atoms with Crippen molar-refractivity contribution in [3.05, 3.63) is 62.5 Å². The summed E-state index contributed by atoms with van der Waals surface area (Å²) in [5, 5.41) is 1.12. The van der Waals surface area contributed by atoms with E-state index in [1.807, 2.05) is 24.3 Å². The monoisotopic (exact) mass is 388 g/mol. The van der Waals surface area contributed by atoms with E-state index in [1.54, 1.807) is 18.2 Å². The van der Waals surface area contributed by atoms with Gasteiger partial charge in [-0.2, -0.15) is 0 Å². The Kier molecular flexibility index (Phi) is 5.97. The summed E-state index contributed by atoms with van der Waals surface area (Å²) in [5.74, 6) is 0.564. The molecule has 0 aliphatic rings. The Hall–Kier alpha value is -0.480. The van der Waals surface area contributed by atoms with E-state index in [-0.39, 0.29) is 5.78 Å². The maximum Gasteiger partial charge on any atom is 0.147 e. The fraction of sp³-hybridized carbons (Fsp3) is 0.133. The van der Waals surface area contributed by atoms with Crippen LogP contribution in [0.25, 0.3) is 0 Å². The summed E-state index contributed by atoms with van der Waals surface area (Å²) in [6, 6.07) is 13.1. The molecule has 0 saturated heterocycles. The molecule has 0 saturated carbocycles. The van der Waals surface area contributed by atoms with Crippen molar-refractivity contribution >= 4 is 56.7 Å². The molecule has 0 heterocycles. The van der Waals surface area contributed by atoms with E-state index < -0.39 is 0 Å². The van der Waals surface area contributed by atoms with E-state index >= 15 is 0 Å². The molecule has 0 spiro atoms. The lowest BCUT2D eigenvalue weighted by Gasteiger charge is -2.05. The predicted molar refractivity (Wildman–Crippen MR) is 90.0 cm³/mol. The van der Waals surface area contributed by atoms with Gasteiger partial charge in [0, 0.05) is 25.8 Å². The normalized spacial score (nSPS) is 10.6. The van der Waals surface area contributed by atoms with Crippen LogP contribution in [0.4, 0.5) is 0 Å². The number of ketones is 1. The highest BCUT2D eigenvalue weighted by atomic mass is 79.9. The molecule has 0 atom stereocenters. The average Bonchev–Trinajstić information content (AvgIpc) is 2.40. The molecule has 2 aromatic rings. The summed E-state index contributed by atoms with van der Waals surface area (Å²) in [6.07, 6.45) is 0.330. The van der Waals surface area contributed by atoms with Crippen LogP contribution in [-0.4, -0.2) is 11.5 Å². The number of hydrogen-bond acceptors (Lipinski definition) is 2. The van der Waals surface area contributed by atoms with Crippen LogP contribution in [-0.2, 0) is 11.2 Å². The Morgan fingerprint density at radius 1 is 1.15 bits per heavy atom. The summed E-state index contributed by atoms with van der Waals surface area (Å²) in [4.78, 5) is 13.0. The summed E-state index contributed by atoms with van der Waals surface area (Å²) in [7, 11) is 0. The van der Waals surface area contributed by atoms with Crippen LogP contribution in [0.3, 0.4) is 0 Å². The van der Waals surface area contributed by atoms with Crippen LogP contribution >= 0.6 is 50.9 Å². The first kappa shape index (κ1) is 15.9. The first-order chi connectivity index (χ1) is 9.54. The standard InChI is InChI=1S/C15H11BrCl2OS/c16-11-2-1-3-14(7-11)20-9-13(19)6-10-4-5-12(17)8-15(10)18/h1-5,7-8H,6,9H2. The molecule has 0 fully saturated rings. The zero-order chi connectivity index (χ0) is 14.5. The van der Waals surface area contributed by atoms with Gasteiger partial charge in [0.2, 0.25) is 0 Å². The molecule has 1 nitrogen and oxygen atoms in total. The molecule has 0 aliphatic heterocycles. The molecule has 2 aromatic carbocycles. The molecule has 2 rings (SSSR count). The third kappa shape index (κ3) is 4.81. The Labute approximate surface area is 140 Å². The number of thioether (sulfide) groups is 1. The highest BCUT2D eigenvalue weighted by molar-refractivity contribution is 9.10. The van der Waals surface area contributed by atoms with Crippen LogP contribution in [0.5, 0.6) is 0 Å². The third-order valence-electron chi connectivity index (χ3n) is 2.60. The third-order valence-corrected chi connectivity index (χ3v) is 4.73. The summed E-state index contributed by atoms with van der Waals surface area (Å²) >= 11 is 16.8. The van der Waals surface area contributed by atoms with Crippen molar-refractivity contribution in [3.8, 4) is 0 Å². The molecule has 0 aromatic heterocycles. The van der Waals surface area contributed by atoms with E-state index in [4.69, 9.17) is 23.2 Å². The van der Waals surface area contributed by atoms with Gasteiger partial charge in [0.15, 0.2) is 0 Å². The zero-order valence-electron chi connectivity index (χ0n) is 10.4. The van der Waals surface area contributed by atoms with Crippen molar-refractivity contribution < 1.29 is 4.79 Å². The molecular weight excluding hydrogens is 379 g/mol. The summed E-state index contributed by atoms with van der Waals surface area (Å²) in [5.41, 5.74) is 0.816. The largest absolute Gasteiger partial charge is 0.298 e. The fourth-order valence-electron chi connectivity index (χ4n) is 1.65. The molecule has 0 N–H and O–H groups in total. The van der Waals surface area contributed by atoms with Crippen LogP contribution in [0.1, 0.15) is 5.56 Å². The molecule has 0 unspecified atom stereocenters. The van der Waals surface area contributed by atoms with Crippen molar-refractivity contribution in [2.45, 2.75) is 11.3 Å². The minimum atomic E-state index is 0.138. The Morgan fingerprint density at radius 3 is 2.65 bits per heavy atom. The van der Waals surface area contributed by atoms with Gasteiger partial charge in [0.25, 0.3) is 0 Å². The van der Waals surface area contributed by atoms with E-state index in [2.05, 4.69) is 15.9 Å². The second-order valence-electron chi connectivity index (χ2n) is 4.20. The van der Waals surface area contributed by atoms with Gasteiger partial charge in [-0.25, -0.2) is 0 Å². The number of halogens is 3. The highest BCUT2D eigenvalue weighted by Gasteiger charge is 2.08. The predicted octanol–water partition coefficient (Wildman–Crippen LogP) is 5.66. The number of carbonyl (C=O) groups is 1. The SMILES string of the molecule is O=C(CSc1cccc(Br)c1)Cc1ccc(Cl)cc1Cl. The molecule has 0 amide bonds. The van der Waals surface area contributed by atoms with Gasteiger partial charge < -0.3 is 0 Å². The second kappa shape index (κ2) is 7.51. The second-order valence-corrected chi connectivity index (χ2v) is 7.01. The maximum atomic E-state index is 12.0. The zero-order valence-corrected chi connectivity index (χ0v) is 14.3. The quantitative estimate of drug-likeness (QED) is 0.613. The lowest BCUT2D eigenvalue weighted by atomic mass is 10.1. The smallest absolute Gasteiger partial charge is 0.147 e. The number of benzene rings is 2. The minimum Gasteiger partial charge on any atom is -0.298 e. The van der Waals surface area contributed by atoms with E-state index in [1.165, 1.54) is 11.8 Å². The lowest BCUT2D eigenvalue weighted by molar-refractivity contribution is -0.116. The molecule has 20 heavy (non-hydrogen) atoms. The van der Waals surface area contributed by atoms with Crippen LogP contribution < -0.4 is 0 Å².